The Kier molecular flexibility index (Phi) is 5.88. The van der Waals surface area contributed by atoms with E-state index in [1.54, 1.807) is 42.5 Å². The van der Waals surface area contributed by atoms with Crippen LogP contribution in [0.2, 0.25) is 0 Å². The molecule has 0 aromatic heterocycles. The highest BCUT2D eigenvalue weighted by Gasteiger charge is 2.32. The minimum atomic E-state index is -3.69. The fourth-order valence-corrected chi connectivity index (χ4v) is 4.47. The van der Waals surface area contributed by atoms with Gasteiger partial charge < -0.3 is 14.2 Å². The van der Waals surface area contributed by atoms with E-state index in [2.05, 4.69) is 0 Å². The second-order valence-electron chi connectivity index (χ2n) is 6.12. The molecule has 140 valence electrons. The number of phenolic OH excluding ortho intramolecular Hbond substituents is 1. The van der Waals surface area contributed by atoms with Gasteiger partial charge in [-0.05, 0) is 60.4 Å². The van der Waals surface area contributed by atoms with Crippen LogP contribution in [-0.4, -0.2) is 5.11 Å². The first kappa shape index (κ1) is 19.1. The van der Waals surface area contributed by atoms with Gasteiger partial charge in [0.2, 0.25) is 0 Å². The number of rotatable bonds is 7. The molecule has 1 unspecified atom stereocenters. The molecule has 0 fully saturated rings. The topological polar surface area (TPSA) is 55.8 Å². The lowest BCUT2D eigenvalue weighted by Crippen LogP contribution is -2.15. The maximum Gasteiger partial charge on any atom is 0.462 e. The third-order valence-electron chi connectivity index (χ3n) is 4.29. The minimum Gasteiger partial charge on any atom is -0.508 e. The Morgan fingerprint density at radius 2 is 1.37 bits per heavy atom. The van der Waals surface area contributed by atoms with Gasteiger partial charge in [0.1, 0.15) is 17.2 Å². The van der Waals surface area contributed by atoms with Crippen LogP contribution in [0.3, 0.4) is 0 Å². The van der Waals surface area contributed by atoms with Gasteiger partial charge in [-0.1, -0.05) is 50.2 Å². The van der Waals surface area contributed by atoms with Crippen LogP contribution in [0, 0.1) is 0 Å². The molecule has 0 saturated carbocycles. The Morgan fingerprint density at radius 3 is 2.04 bits per heavy atom. The van der Waals surface area contributed by atoms with Crippen molar-refractivity contribution in [2.24, 2.45) is 0 Å². The van der Waals surface area contributed by atoms with Crippen LogP contribution in [0.5, 0.6) is 17.2 Å². The summed E-state index contributed by atoms with van der Waals surface area (Å²) < 4.78 is 25.9. The SMILES string of the molecule is CCc1ccccc1OP(=O)(Oc1ccc(O)cc1CC)c1ccccc1. The average Bonchev–Trinajstić information content (AvgIpc) is 2.70. The van der Waals surface area contributed by atoms with E-state index >= 15 is 0 Å². The first-order chi connectivity index (χ1) is 13.1. The fourth-order valence-electron chi connectivity index (χ4n) is 2.81. The Hall–Kier alpha value is -2.71. The van der Waals surface area contributed by atoms with Crippen LogP contribution in [0.4, 0.5) is 0 Å². The molecule has 0 spiro atoms. The largest absolute Gasteiger partial charge is 0.508 e. The summed E-state index contributed by atoms with van der Waals surface area (Å²) in [5, 5.41) is 10.2. The summed E-state index contributed by atoms with van der Waals surface area (Å²) in [5.41, 5.74) is 1.72. The predicted molar refractivity (Wildman–Crippen MR) is 108 cm³/mol. The number of benzene rings is 3. The number of phenols is 1. The van der Waals surface area contributed by atoms with E-state index in [1.165, 1.54) is 6.07 Å². The molecular formula is C22H23O4P. The van der Waals surface area contributed by atoms with Gasteiger partial charge in [0.15, 0.2) is 0 Å². The van der Waals surface area contributed by atoms with Crippen LogP contribution in [0.1, 0.15) is 25.0 Å². The third kappa shape index (κ3) is 4.35. The van der Waals surface area contributed by atoms with Crippen LogP contribution in [0.25, 0.3) is 0 Å². The zero-order chi connectivity index (χ0) is 19.3. The van der Waals surface area contributed by atoms with Crippen molar-refractivity contribution >= 4 is 12.9 Å². The molecule has 1 atom stereocenters. The molecule has 0 aliphatic rings. The first-order valence-corrected chi connectivity index (χ1v) is 10.5. The minimum absolute atomic E-state index is 0.144. The summed E-state index contributed by atoms with van der Waals surface area (Å²) >= 11 is 0. The second-order valence-corrected chi connectivity index (χ2v) is 8.00. The molecule has 3 aromatic rings. The van der Waals surface area contributed by atoms with E-state index in [-0.39, 0.29) is 5.75 Å². The number of aromatic hydroxyl groups is 1. The van der Waals surface area contributed by atoms with Crippen molar-refractivity contribution in [3.63, 3.8) is 0 Å². The summed E-state index contributed by atoms with van der Waals surface area (Å²) in [4.78, 5) is 0. The highest BCUT2D eigenvalue weighted by atomic mass is 31.2. The number of hydrogen-bond acceptors (Lipinski definition) is 4. The van der Waals surface area contributed by atoms with Crippen LogP contribution >= 0.6 is 7.60 Å². The van der Waals surface area contributed by atoms with E-state index in [9.17, 15) is 9.67 Å². The summed E-state index contributed by atoms with van der Waals surface area (Å²) in [6.07, 6.45) is 1.38. The molecule has 0 saturated heterocycles. The number of para-hydroxylation sites is 1. The van der Waals surface area contributed by atoms with Gasteiger partial charge in [-0.15, -0.1) is 0 Å². The molecule has 0 radical (unpaired) electrons. The number of aryl methyl sites for hydroxylation is 2. The van der Waals surface area contributed by atoms with E-state index in [0.29, 0.717) is 23.2 Å². The van der Waals surface area contributed by atoms with E-state index < -0.39 is 7.60 Å². The smallest absolute Gasteiger partial charge is 0.462 e. The molecule has 0 amide bonds. The Balaban J connectivity index is 2.05. The highest BCUT2D eigenvalue weighted by Crippen LogP contribution is 2.49. The van der Waals surface area contributed by atoms with Gasteiger partial charge in [-0.3, -0.25) is 0 Å². The normalized spacial score (nSPS) is 13.0. The Labute approximate surface area is 159 Å². The molecule has 0 bridgehead atoms. The van der Waals surface area contributed by atoms with Gasteiger partial charge in [0.25, 0.3) is 0 Å². The highest BCUT2D eigenvalue weighted by molar-refractivity contribution is 7.63. The summed E-state index contributed by atoms with van der Waals surface area (Å²) in [7, 11) is -3.69. The van der Waals surface area contributed by atoms with Crippen molar-refractivity contribution < 1.29 is 18.7 Å². The molecule has 0 heterocycles. The lowest BCUT2D eigenvalue weighted by atomic mass is 10.1. The monoisotopic (exact) mass is 382 g/mol. The van der Waals surface area contributed by atoms with Gasteiger partial charge in [0, 0.05) is 0 Å². The summed E-state index contributed by atoms with van der Waals surface area (Å²) in [6.45, 7) is 3.97. The van der Waals surface area contributed by atoms with Crippen molar-refractivity contribution in [3.05, 3.63) is 83.9 Å². The molecule has 3 rings (SSSR count). The first-order valence-electron chi connectivity index (χ1n) is 9.00. The van der Waals surface area contributed by atoms with Crippen molar-refractivity contribution in [2.75, 3.05) is 0 Å². The maximum atomic E-state index is 13.9. The molecule has 27 heavy (non-hydrogen) atoms. The lowest BCUT2D eigenvalue weighted by molar-refractivity contribution is 0.395. The van der Waals surface area contributed by atoms with Crippen molar-refractivity contribution in [3.8, 4) is 17.2 Å². The van der Waals surface area contributed by atoms with E-state index in [1.807, 2.05) is 38.1 Å². The molecule has 4 nitrogen and oxygen atoms in total. The molecular weight excluding hydrogens is 359 g/mol. The standard InChI is InChI=1S/C22H23O4P/c1-3-17-10-8-9-13-21(17)25-27(24,20-11-6-5-7-12-20)26-22-15-14-19(23)16-18(22)4-2/h5-16,23H,3-4H2,1-2H3. The molecule has 1 N–H and O–H groups in total. The van der Waals surface area contributed by atoms with Crippen LogP contribution in [0.15, 0.2) is 72.8 Å². The summed E-state index contributed by atoms with van der Waals surface area (Å²) in [5.74, 6) is 1.13. The fraction of sp³-hybridized carbons (Fsp3) is 0.182. The maximum absolute atomic E-state index is 13.9. The molecule has 5 heteroatoms. The molecule has 0 aliphatic heterocycles. The van der Waals surface area contributed by atoms with Crippen molar-refractivity contribution in [2.45, 2.75) is 26.7 Å². The number of hydrogen-bond donors (Lipinski definition) is 1. The second kappa shape index (κ2) is 8.32. The average molecular weight is 382 g/mol. The van der Waals surface area contributed by atoms with Crippen molar-refractivity contribution in [1.82, 2.24) is 0 Å². The zero-order valence-corrected chi connectivity index (χ0v) is 16.4. The van der Waals surface area contributed by atoms with Crippen LogP contribution < -0.4 is 14.4 Å². The quantitative estimate of drug-likeness (QED) is 0.549. The zero-order valence-electron chi connectivity index (χ0n) is 15.5. The third-order valence-corrected chi connectivity index (χ3v) is 6.09. The molecule has 3 aromatic carbocycles. The predicted octanol–water partition coefficient (Wildman–Crippen LogP) is 5.49. The lowest BCUT2D eigenvalue weighted by Gasteiger charge is -2.22. The van der Waals surface area contributed by atoms with Crippen LogP contribution in [-0.2, 0) is 17.4 Å². The van der Waals surface area contributed by atoms with E-state index in [4.69, 9.17) is 9.05 Å². The Bertz CT molecular complexity index is 954. The van der Waals surface area contributed by atoms with Gasteiger partial charge in [-0.25, -0.2) is 4.57 Å². The van der Waals surface area contributed by atoms with Gasteiger partial charge in [0.05, 0.1) is 5.30 Å². The van der Waals surface area contributed by atoms with Gasteiger partial charge >= 0.3 is 7.60 Å². The van der Waals surface area contributed by atoms with Gasteiger partial charge in [-0.2, -0.15) is 0 Å². The van der Waals surface area contributed by atoms with E-state index in [0.717, 1.165) is 17.5 Å². The summed E-state index contributed by atoms with van der Waals surface area (Å²) in [6, 6.07) is 21.2. The van der Waals surface area contributed by atoms with Crippen molar-refractivity contribution in [1.29, 1.82) is 0 Å². The Morgan fingerprint density at radius 1 is 0.778 bits per heavy atom. The molecule has 0 aliphatic carbocycles.